The summed E-state index contributed by atoms with van der Waals surface area (Å²) in [6, 6.07) is 5.03. The zero-order valence-electron chi connectivity index (χ0n) is 11.4. The summed E-state index contributed by atoms with van der Waals surface area (Å²) >= 11 is 3.29. The number of hydrogen-bond donors (Lipinski definition) is 1. The molecule has 0 saturated carbocycles. The molecule has 0 bridgehead atoms. The summed E-state index contributed by atoms with van der Waals surface area (Å²) < 4.78 is 37.1. The van der Waals surface area contributed by atoms with E-state index in [2.05, 4.69) is 21.2 Å². The smallest absolute Gasteiger partial charge is 0.150 e. The second-order valence-electron chi connectivity index (χ2n) is 5.47. The van der Waals surface area contributed by atoms with Crippen molar-refractivity contribution in [3.63, 3.8) is 0 Å². The predicted octanol–water partition coefficient (Wildman–Crippen LogP) is 2.54. The zero-order chi connectivity index (χ0) is 14.8. The molecule has 1 aromatic carbocycles. The average Bonchev–Trinajstić information content (AvgIpc) is 2.66. The summed E-state index contributed by atoms with van der Waals surface area (Å²) in [6.45, 7) is 0. The fourth-order valence-corrected chi connectivity index (χ4v) is 5.17. The first-order valence-electron chi connectivity index (χ1n) is 6.70. The number of rotatable bonds is 5. The van der Waals surface area contributed by atoms with Gasteiger partial charge in [-0.05, 0) is 56.0 Å². The van der Waals surface area contributed by atoms with Crippen LogP contribution in [0.5, 0.6) is 0 Å². The van der Waals surface area contributed by atoms with Crippen molar-refractivity contribution >= 4 is 25.8 Å². The van der Waals surface area contributed by atoms with Crippen molar-refractivity contribution in [2.75, 3.05) is 18.6 Å². The second-order valence-corrected chi connectivity index (χ2v) is 8.62. The molecule has 3 nitrogen and oxygen atoms in total. The lowest BCUT2D eigenvalue weighted by Crippen LogP contribution is -2.30. The van der Waals surface area contributed by atoms with Crippen LogP contribution in [0.4, 0.5) is 4.39 Å². The van der Waals surface area contributed by atoms with E-state index in [0.717, 1.165) is 22.9 Å². The highest BCUT2D eigenvalue weighted by molar-refractivity contribution is 9.10. The number of likely N-dealkylation sites (N-methyl/N-ethyl adjacent to an activating group) is 1. The normalized spacial score (nSPS) is 22.9. The topological polar surface area (TPSA) is 46.2 Å². The Morgan fingerprint density at radius 2 is 2.20 bits per heavy atom. The largest absolute Gasteiger partial charge is 0.317 e. The molecule has 1 N–H and O–H groups in total. The molecule has 1 aliphatic heterocycles. The van der Waals surface area contributed by atoms with Gasteiger partial charge in [-0.15, -0.1) is 0 Å². The number of benzene rings is 1. The highest BCUT2D eigenvalue weighted by Gasteiger charge is 2.29. The van der Waals surface area contributed by atoms with E-state index in [0.29, 0.717) is 12.2 Å². The lowest BCUT2D eigenvalue weighted by Gasteiger charge is -2.19. The summed E-state index contributed by atoms with van der Waals surface area (Å²) in [6.07, 6.45) is 2.25. The quantitative estimate of drug-likeness (QED) is 0.874. The van der Waals surface area contributed by atoms with Crippen LogP contribution in [-0.4, -0.2) is 33.0 Å². The van der Waals surface area contributed by atoms with Crippen LogP contribution in [0.2, 0.25) is 0 Å². The molecule has 112 valence electrons. The van der Waals surface area contributed by atoms with Crippen molar-refractivity contribution in [1.82, 2.24) is 5.32 Å². The van der Waals surface area contributed by atoms with Crippen molar-refractivity contribution in [3.05, 3.63) is 34.1 Å². The lowest BCUT2D eigenvalue weighted by atomic mass is 9.95. The molecular formula is C14H19BrFNO2S. The van der Waals surface area contributed by atoms with Gasteiger partial charge in [-0.1, -0.05) is 15.9 Å². The van der Waals surface area contributed by atoms with Gasteiger partial charge in [0.1, 0.15) is 5.82 Å². The Kier molecular flexibility index (Phi) is 5.20. The minimum atomic E-state index is -2.83. The summed E-state index contributed by atoms with van der Waals surface area (Å²) in [4.78, 5) is 0. The first-order chi connectivity index (χ1) is 9.38. The maximum Gasteiger partial charge on any atom is 0.150 e. The van der Waals surface area contributed by atoms with Crippen molar-refractivity contribution in [2.45, 2.75) is 25.3 Å². The van der Waals surface area contributed by atoms with Crippen molar-refractivity contribution in [2.24, 2.45) is 5.92 Å². The van der Waals surface area contributed by atoms with E-state index >= 15 is 0 Å². The van der Waals surface area contributed by atoms with Gasteiger partial charge in [0.2, 0.25) is 0 Å². The monoisotopic (exact) mass is 363 g/mol. The van der Waals surface area contributed by atoms with E-state index in [1.54, 1.807) is 0 Å². The number of halogens is 2. The van der Waals surface area contributed by atoms with Crippen LogP contribution in [0, 0.1) is 11.7 Å². The molecule has 0 aliphatic carbocycles. The molecule has 2 atom stereocenters. The Labute approximate surface area is 128 Å². The van der Waals surface area contributed by atoms with E-state index in [-0.39, 0.29) is 23.5 Å². The summed E-state index contributed by atoms with van der Waals surface area (Å²) in [5.74, 6) is 0.555. The summed E-state index contributed by atoms with van der Waals surface area (Å²) in [7, 11) is -0.967. The Bertz CT molecular complexity index is 556. The second kappa shape index (κ2) is 6.54. The molecule has 0 radical (unpaired) electrons. The minimum absolute atomic E-state index is 0.169. The van der Waals surface area contributed by atoms with Crippen molar-refractivity contribution in [3.8, 4) is 0 Å². The molecule has 1 heterocycles. The summed E-state index contributed by atoms with van der Waals surface area (Å²) in [5.41, 5.74) is 0.914. The van der Waals surface area contributed by atoms with E-state index in [4.69, 9.17) is 0 Å². The first-order valence-corrected chi connectivity index (χ1v) is 9.32. The van der Waals surface area contributed by atoms with Gasteiger partial charge >= 0.3 is 0 Å². The molecule has 1 aromatic rings. The van der Waals surface area contributed by atoms with Gasteiger partial charge < -0.3 is 5.32 Å². The van der Waals surface area contributed by atoms with Gasteiger partial charge in [-0.2, -0.15) is 0 Å². The molecular weight excluding hydrogens is 345 g/mol. The third-order valence-electron chi connectivity index (χ3n) is 3.76. The van der Waals surface area contributed by atoms with E-state index < -0.39 is 9.84 Å². The maximum absolute atomic E-state index is 13.4. The van der Waals surface area contributed by atoms with Gasteiger partial charge in [0.05, 0.1) is 11.5 Å². The molecule has 2 rings (SSSR count). The van der Waals surface area contributed by atoms with Crippen LogP contribution < -0.4 is 5.32 Å². The van der Waals surface area contributed by atoms with Gasteiger partial charge in [0.15, 0.2) is 9.84 Å². The molecule has 2 unspecified atom stereocenters. The Hall–Kier alpha value is -0.460. The molecule has 0 amide bonds. The van der Waals surface area contributed by atoms with Crippen molar-refractivity contribution in [1.29, 1.82) is 0 Å². The van der Waals surface area contributed by atoms with Gasteiger partial charge in [0, 0.05) is 10.5 Å². The average molecular weight is 364 g/mol. The number of hydrogen-bond acceptors (Lipinski definition) is 3. The molecule has 1 saturated heterocycles. The molecule has 0 spiro atoms. The highest BCUT2D eigenvalue weighted by Crippen LogP contribution is 2.24. The third kappa shape index (κ3) is 4.53. The standard InChI is InChI=1S/C14H19BrFNO2S/c1-17-14(6-10-2-3-20(18,19)9-10)7-11-4-12(15)8-13(16)5-11/h4-5,8,10,14,17H,2-3,6-7,9H2,1H3. The van der Waals surface area contributed by atoms with Crippen LogP contribution in [0.1, 0.15) is 18.4 Å². The molecule has 0 aromatic heterocycles. The maximum atomic E-state index is 13.4. The fraction of sp³-hybridized carbons (Fsp3) is 0.571. The number of nitrogens with one attached hydrogen (secondary N) is 1. The van der Waals surface area contributed by atoms with E-state index in [9.17, 15) is 12.8 Å². The first kappa shape index (κ1) is 15.9. The van der Waals surface area contributed by atoms with Crippen LogP contribution in [-0.2, 0) is 16.3 Å². The Morgan fingerprint density at radius 3 is 2.75 bits per heavy atom. The van der Waals surface area contributed by atoms with Gasteiger partial charge in [-0.3, -0.25) is 0 Å². The SMILES string of the molecule is CNC(Cc1cc(F)cc(Br)c1)CC1CCS(=O)(=O)C1. The van der Waals surface area contributed by atoms with Crippen LogP contribution >= 0.6 is 15.9 Å². The van der Waals surface area contributed by atoms with Gasteiger partial charge in [0.25, 0.3) is 0 Å². The molecule has 20 heavy (non-hydrogen) atoms. The van der Waals surface area contributed by atoms with E-state index in [1.807, 2.05) is 13.1 Å². The zero-order valence-corrected chi connectivity index (χ0v) is 13.8. The van der Waals surface area contributed by atoms with Crippen LogP contribution in [0.15, 0.2) is 22.7 Å². The molecule has 1 fully saturated rings. The Balaban J connectivity index is 1.99. The highest BCUT2D eigenvalue weighted by atomic mass is 79.9. The molecule has 1 aliphatic rings. The Morgan fingerprint density at radius 1 is 1.45 bits per heavy atom. The van der Waals surface area contributed by atoms with Crippen LogP contribution in [0.3, 0.4) is 0 Å². The summed E-state index contributed by atoms with van der Waals surface area (Å²) in [5, 5.41) is 3.21. The number of sulfone groups is 1. The predicted molar refractivity (Wildman–Crippen MR) is 82.0 cm³/mol. The van der Waals surface area contributed by atoms with E-state index in [1.165, 1.54) is 12.1 Å². The minimum Gasteiger partial charge on any atom is -0.317 e. The fourth-order valence-electron chi connectivity index (χ4n) is 2.78. The van der Waals surface area contributed by atoms with Crippen molar-refractivity contribution < 1.29 is 12.8 Å². The third-order valence-corrected chi connectivity index (χ3v) is 6.05. The van der Waals surface area contributed by atoms with Crippen LogP contribution in [0.25, 0.3) is 0 Å². The molecule has 6 heteroatoms. The van der Waals surface area contributed by atoms with Gasteiger partial charge in [-0.25, -0.2) is 12.8 Å². The lowest BCUT2D eigenvalue weighted by molar-refractivity contribution is 0.423.